The van der Waals surface area contributed by atoms with Crippen LogP contribution in [0.15, 0.2) is 72.9 Å². The number of carbonyl (C=O) groups excluding carboxylic acids is 1. The number of unbranched alkanes of at least 4 members (excludes halogenated alkanes) is 1. The molecular weight excluding hydrogens is 534 g/mol. The first-order valence-electron chi connectivity index (χ1n) is 14.0. The molecular formula is C34H35NO7. The molecule has 0 bridgehead atoms. The number of carboxylic acids is 2. The molecule has 0 saturated carbocycles. The molecule has 42 heavy (non-hydrogen) atoms. The van der Waals surface area contributed by atoms with E-state index in [1.807, 2.05) is 65.4 Å². The number of benzene rings is 3. The van der Waals surface area contributed by atoms with Crippen LogP contribution in [0.25, 0.3) is 23.1 Å². The molecule has 3 aromatic carbocycles. The lowest BCUT2D eigenvalue weighted by Crippen LogP contribution is -2.02. The number of fused-ring (bicyclic) bond motifs is 1. The van der Waals surface area contributed by atoms with Crippen LogP contribution in [0.1, 0.15) is 59.7 Å². The third kappa shape index (κ3) is 8.57. The number of carboxylic acid groups (broad SMARTS) is 2. The number of carbonyl (C=O) groups is 3. The molecule has 0 atom stereocenters. The van der Waals surface area contributed by atoms with Crippen LogP contribution in [-0.4, -0.2) is 45.7 Å². The van der Waals surface area contributed by atoms with Crippen molar-refractivity contribution in [1.29, 1.82) is 0 Å². The van der Waals surface area contributed by atoms with Crippen molar-refractivity contribution in [2.24, 2.45) is 0 Å². The Kier molecular flexibility index (Phi) is 10.5. The summed E-state index contributed by atoms with van der Waals surface area (Å²) in [5.74, 6) is -0.214. The predicted molar refractivity (Wildman–Crippen MR) is 162 cm³/mol. The predicted octanol–water partition coefficient (Wildman–Crippen LogP) is 6.74. The Bertz CT molecular complexity index is 1550. The molecule has 0 saturated heterocycles. The second kappa shape index (κ2) is 14.7. The maximum atomic E-state index is 11.5. The van der Waals surface area contributed by atoms with Crippen LogP contribution in [0.4, 0.5) is 0 Å². The molecule has 0 fully saturated rings. The Morgan fingerprint density at radius 3 is 2.02 bits per heavy atom. The highest BCUT2D eigenvalue weighted by Crippen LogP contribution is 2.28. The average Bonchev–Trinajstić information content (AvgIpc) is 3.31. The van der Waals surface area contributed by atoms with Crippen molar-refractivity contribution in [3.05, 3.63) is 95.2 Å². The second-order valence-electron chi connectivity index (χ2n) is 10.0. The Morgan fingerprint density at radius 2 is 1.43 bits per heavy atom. The minimum absolute atomic E-state index is 0.0328. The zero-order valence-corrected chi connectivity index (χ0v) is 23.6. The molecule has 8 heteroatoms. The summed E-state index contributed by atoms with van der Waals surface area (Å²) >= 11 is 0. The van der Waals surface area contributed by atoms with Gasteiger partial charge in [0.05, 0.1) is 19.6 Å². The van der Waals surface area contributed by atoms with Crippen molar-refractivity contribution in [3.8, 4) is 11.5 Å². The van der Waals surface area contributed by atoms with E-state index in [2.05, 4.69) is 0 Å². The van der Waals surface area contributed by atoms with Crippen molar-refractivity contribution in [3.63, 3.8) is 0 Å². The fourth-order valence-corrected chi connectivity index (χ4v) is 4.72. The second-order valence-corrected chi connectivity index (χ2v) is 10.0. The summed E-state index contributed by atoms with van der Waals surface area (Å²) in [6, 6.07) is 20.7. The van der Waals surface area contributed by atoms with Crippen LogP contribution in [0.2, 0.25) is 0 Å². The average molecular weight is 570 g/mol. The molecule has 8 nitrogen and oxygen atoms in total. The van der Waals surface area contributed by atoms with Gasteiger partial charge < -0.3 is 24.3 Å². The maximum absolute atomic E-state index is 11.5. The Morgan fingerprint density at radius 1 is 0.786 bits per heavy atom. The minimum Gasteiger partial charge on any atom is -0.494 e. The Balaban J connectivity index is 1.31. The Labute approximate surface area is 244 Å². The summed E-state index contributed by atoms with van der Waals surface area (Å²) in [6.45, 7) is 3.18. The fraction of sp³-hybridized carbons (Fsp3) is 0.265. The number of aromatic nitrogens is 1. The summed E-state index contributed by atoms with van der Waals surface area (Å²) in [7, 11) is 0. The van der Waals surface area contributed by atoms with Gasteiger partial charge in [-0.05, 0) is 85.3 Å². The quantitative estimate of drug-likeness (QED) is 0.0872. The lowest BCUT2D eigenvalue weighted by atomic mass is 10.0. The first-order chi connectivity index (χ1) is 20.3. The number of rotatable bonds is 16. The number of nitrogens with zero attached hydrogens (tertiary/aromatic N) is 1. The van der Waals surface area contributed by atoms with Gasteiger partial charge in [-0.3, -0.25) is 14.4 Å². The van der Waals surface area contributed by atoms with E-state index < -0.39 is 11.9 Å². The first-order valence-corrected chi connectivity index (χ1v) is 14.0. The van der Waals surface area contributed by atoms with Crippen LogP contribution >= 0.6 is 0 Å². The van der Waals surface area contributed by atoms with Crippen molar-refractivity contribution in [2.45, 2.75) is 45.6 Å². The molecule has 1 heterocycles. The number of ether oxygens (including phenoxy) is 2. The monoisotopic (exact) mass is 569 g/mol. The van der Waals surface area contributed by atoms with Gasteiger partial charge in [-0.2, -0.15) is 0 Å². The number of aryl methyl sites for hydroxylation is 1. The Hall–Kier alpha value is -4.85. The zero-order valence-electron chi connectivity index (χ0n) is 23.6. The van der Waals surface area contributed by atoms with Gasteiger partial charge in [0, 0.05) is 35.6 Å². The number of hydrogen-bond donors (Lipinski definition) is 2. The van der Waals surface area contributed by atoms with E-state index in [1.54, 1.807) is 24.3 Å². The first kappa shape index (κ1) is 30.1. The number of Topliss-reactive ketones (excluding diaryl/α,β-unsaturated/α-hetero) is 1. The maximum Gasteiger partial charge on any atom is 0.307 e. The number of ketones is 1. The molecule has 0 unspecified atom stereocenters. The van der Waals surface area contributed by atoms with Gasteiger partial charge in [0.15, 0.2) is 5.78 Å². The van der Waals surface area contributed by atoms with E-state index in [9.17, 15) is 19.5 Å². The highest BCUT2D eigenvalue weighted by molar-refractivity contribution is 5.96. The molecule has 0 spiro atoms. The minimum atomic E-state index is -0.915. The van der Waals surface area contributed by atoms with Gasteiger partial charge in [0.1, 0.15) is 11.5 Å². The summed E-state index contributed by atoms with van der Waals surface area (Å²) in [5, 5.41) is 19.3. The van der Waals surface area contributed by atoms with Crippen molar-refractivity contribution in [1.82, 2.24) is 4.57 Å². The van der Waals surface area contributed by atoms with Gasteiger partial charge in [-0.1, -0.05) is 36.4 Å². The van der Waals surface area contributed by atoms with E-state index in [0.717, 1.165) is 46.4 Å². The van der Waals surface area contributed by atoms with Crippen LogP contribution in [0.5, 0.6) is 11.5 Å². The summed E-state index contributed by atoms with van der Waals surface area (Å²) in [6.07, 6.45) is 7.86. The van der Waals surface area contributed by atoms with Crippen molar-refractivity contribution in [2.75, 3.05) is 13.2 Å². The molecule has 1 aromatic heterocycles. The van der Waals surface area contributed by atoms with Crippen LogP contribution in [0, 0.1) is 0 Å². The molecule has 0 aliphatic carbocycles. The topological polar surface area (TPSA) is 115 Å². The summed E-state index contributed by atoms with van der Waals surface area (Å²) in [5.41, 5.74) is 4.13. The highest BCUT2D eigenvalue weighted by atomic mass is 16.5. The smallest absolute Gasteiger partial charge is 0.307 e. The lowest BCUT2D eigenvalue weighted by molar-refractivity contribution is -0.137. The normalized spacial score (nSPS) is 11.2. The van der Waals surface area contributed by atoms with E-state index in [-0.39, 0.29) is 18.6 Å². The summed E-state index contributed by atoms with van der Waals surface area (Å²) < 4.78 is 13.5. The third-order valence-corrected chi connectivity index (χ3v) is 6.82. The highest BCUT2D eigenvalue weighted by Gasteiger charge is 2.14. The lowest BCUT2D eigenvalue weighted by Gasteiger charge is -2.08. The molecule has 0 amide bonds. The van der Waals surface area contributed by atoms with E-state index in [4.69, 9.17) is 14.6 Å². The van der Waals surface area contributed by atoms with E-state index in [1.165, 1.54) is 6.92 Å². The largest absolute Gasteiger partial charge is 0.494 e. The van der Waals surface area contributed by atoms with Crippen LogP contribution in [0.3, 0.4) is 0 Å². The van der Waals surface area contributed by atoms with E-state index >= 15 is 0 Å². The molecule has 0 aliphatic rings. The van der Waals surface area contributed by atoms with E-state index in [0.29, 0.717) is 37.3 Å². The van der Waals surface area contributed by atoms with Gasteiger partial charge in [0.2, 0.25) is 0 Å². The van der Waals surface area contributed by atoms with Gasteiger partial charge in [0.25, 0.3) is 0 Å². The molecule has 4 aromatic rings. The number of hydrogen-bond acceptors (Lipinski definition) is 5. The van der Waals surface area contributed by atoms with Gasteiger partial charge in [-0.15, -0.1) is 0 Å². The molecule has 218 valence electrons. The van der Waals surface area contributed by atoms with Crippen molar-refractivity contribution >= 4 is 40.8 Å². The SMILES string of the molecule is CC(=O)c1ccc(OCCCCOc2ccc(C=Cc3cccc4c3c(CC(=O)O)cn4CCCC(=O)O)cc2)cc1. The van der Waals surface area contributed by atoms with Crippen molar-refractivity contribution < 1.29 is 34.1 Å². The van der Waals surface area contributed by atoms with Gasteiger partial charge in [-0.25, -0.2) is 0 Å². The molecule has 2 N–H and O–H groups in total. The standard InChI is InChI=1S/C34H35NO7/c1-24(36)26-13-17-30(18-14-26)42-21-3-2-20-41-29-15-10-25(11-16-29)9-12-27-6-4-7-31-34(27)28(22-33(39)40)23-35(31)19-5-8-32(37)38/h4,6-7,9-18,23H,2-3,5,8,19-22H2,1H3,(H,37,38)(H,39,40). The number of aliphatic carboxylic acids is 2. The zero-order chi connectivity index (χ0) is 29.9. The van der Waals surface area contributed by atoms with Crippen LogP contribution < -0.4 is 9.47 Å². The third-order valence-electron chi connectivity index (χ3n) is 6.82. The summed E-state index contributed by atoms with van der Waals surface area (Å²) in [4.78, 5) is 33.8. The van der Waals surface area contributed by atoms with Gasteiger partial charge >= 0.3 is 11.9 Å². The molecule has 4 rings (SSSR count). The molecule has 0 aliphatic heterocycles. The fourth-order valence-electron chi connectivity index (χ4n) is 4.72. The molecule has 0 radical (unpaired) electrons. The van der Waals surface area contributed by atoms with Crippen LogP contribution in [-0.2, 0) is 22.6 Å².